The summed E-state index contributed by atoms with van der Waals surface area (Å²) in [7, 11) is 0. The Labute approximate surface area is 88.4 Å². The maximum Gasteiger partial charge on any atom is 0.267 e. The van der Waals surface area contributed by atoms with Gasteiger partial charge in [-0.2, -0.15) is 0 Å². The molecule has 1 N–H and O–H groups in total. The first-order valence-electron chi connectivity index (χ1n) is 5.05. The SMILES string of the molecule is CC(C)n1[nH]c(-c2ccccc2)cc1=O. The third-order valence-corrected chi connectivity index (χ3v) is 2.35. The van der Waals surface area contributed by atoms with E-state index in [9.17, 15) is 4.79 Å². The summed E-state index contributed by atoms with van der Waals surface area (Å²) in [5.41, 5.74) is 1.92. The van der Waals surface area contributed by atoms with E-state index in [-0.39, 0.29) is 11.6 Å². The summed E-state index contributed by atoms with van der Waals surface area (Å²) >= 11 is 0. The van der Waals surface area contributed by atoms with Crippen LogP contribution in [0.2, 0.25) is 0 Å². The number of hydrogen-bond donors (Lipinski definition) is 1. The molecule has 0 saturated carbocycles. The van der Waals surface area contributed by atoms with Gasteiger partial charge in [0.25, 0.3) is 5.56 Å². The molecule has 3 nitrogen and oxygen atoms in total. The molecule has 0 unspecified atom stereocenters. The Kier molecular flexibility index (Phi) is 2.46. The molecule has 0 fully saturated rings. The Balaban J connectivity index is 2.48. The van der Waals surface area contributed by atoms with Crippen molar-refractivity contribution in [3.8, 4) is 11.3 Å². The first-order valence-corrected chi connectivity index (χ1v) is 5.05. The van der Waals surface area contributed by atoms with Gasteiger partial charge in [-0.3, -0.25) is 14.6 Å². The van der Waals surface area contributed by atoms with Gasteiger partial charge in [-0.05, 0) is 19.4 Å². The van der Waals surface area contributed by atoms with Crippen LogP contribution in [0.15, 0.2) is 41.2 Å². The number of benzene rings is 1. The average Bonchev–Trinajstić information content (AvgIpc) is 2.62. The van der Waals surface area contributed by atoms with Crippen LogP contribution in [0, 0.1) is 0 Å². The second kappa shape index (κ2) is 3.77. The lowest BCUT2D eigenvalue weighted by atomic mass is 10.2. The van der Waals surface area contributed by atoms with Crippen molar-refractivity contribution in [2.45, 2.75) is 19.9 Å². The Hall–Kier alpha value is -1.77. The molecular formula is C12H14N2O. The smallest absolute Gasteiger partial charge is 0.267 e. The van der Waals surface area contributed by atoms with Crippen LogP contribution in [-0.2, 0) is 0 Å². The van der Waals surface area contributed by atoms with Crippen molar-refractivity contribution < 1.29 is 0 Å². The Morgan fingerprint density at radius 1 is 1.20 bits per heavy atom. The molecule has 3 heteroatoms. The fourth-order valence-electron chi connectivity index (χ4n) is 1.56. The van der Waals surface area contributed by atoms with Crippen molar-refractivity contribution in [1.29, 1.82) is 0 Å². The number of aromatic nitrogens is 2. The fourth-order valence-corrected chi connectivity index (χ4v) is 1.56. The molecule has 0 atom stereocenters. The highest BCUT2D eigenvalue weighted by molar-refractivity contribution is 5.57. The predicted molar refractivity (Wildman–Crippen MR) is 60.9 cm³/mol. The van der Waals surface area contributed by atoms with E-state index < -0.39 is 0 Å². The van der Waals surface area contributed by atoms with Crippen LogP contribution in [0.4, 0.5) is 0 Å². The fraction of sp³-hybridized carbons (Fsp3) is 0.250. The zero-order valence-electron chi connectivity index (χ0n) is 8.90. The standard InChI is InChI=1S/C12H14N2O/c1-9(2)14-12(15)8-11(13-14)10-6-4-3-5-7-10/h3-9,13H,1-2H3. The lowest BCUT2D eigenvalue weighted by Gasteiger charge is -2.04. The second-order valence-electron chi connectivity index (χ2n) is 3.84. The van der Waals surface area contributed by atoms with E-state index in [4.69, 9.17) is 0 Å². The van der Waals surface area contributed by atoms with Crippen LogP contribution < -0.4 is 5.56 Å². The summed E-state index contributed by atoms with van der Waals surface area (Å²) in [5, 5.41) is 3.10. The molecule has 1 aromatic carbocycles. The van der Waals surface area contributed by atoms with E-state index >= 15 is 0 Å². The van der Waals surface area contributed by atoms with E-state index in [1.165, 1.54) is 0 Å². The number of rotatable bonds is 2. The van der Waals surface area contributed by atoms with Crippen LogP contribution in [-0.4, -0.2) is 9.78 Å². The molecule has 0 bridgehead atoms. The summed E-state index contributed by atoms with van der Waals surface area (Å²) in [4.78, 5) is 11.6. The maximum absolute atomic E-state index is 11.6. The van der Waals surface area contributed by atoms with Gasteiger partial charge in [0.2, 0.25) is 0 Å². The van der Waals surface area contributed by atoms with Crippen molar-refractivity contribution in [1.82, 2.24) is 9.78 Å². The zero-order valence-corrected chi connectivity index (χ0v) is 8.90. The molecule has 0 radical (unpaired) electrons. The van der Waals surface area contributed by atoms with Crippen molar-refractivity contribution in [3.05, 3.63) is 46.8 Å². The Morgan fingerprint density at radius 3 is 2.40 bits per heavy atom. The number of nitrogens with one attached hydrogen (secondary N) is 1. The van der Waals surface area contributed by atoms with Crippen LogP contribution in [0.25, 0.3) is 11.3 Å². The molecule has 0 saturated heterocycles. The van der Waals surface area contributed by atoms with Gasteiger partial charge in [0.05, 0.1) is 5.69 Å². The predicted octanol–water partition coefficient (Wildman–Crippen LogP) is 2.42. The molecule has 78 valence electrons. The number of hydrogen-bond acceptors (Lipinski definition) is 1. The second-order valence-corrected chi connectivity index (χ2v) is 3.84. The number of nitrogens with zero attached hydrogens (tertiary/aromatic N) is 1. The van der Waals surface area contributed by atoms with Crippen LogP contribution in [0.5, 0.6) is 0 Å². The monoisotopic (exact) mass is 202 g/mol. The van der Waals surface area contributed by atoms with Gasteiger partial charge in [0.1, 0.15) is 0 Å². The van der Waals surface area contributed by atoms with E-state index in [1.54, 1.807) is 10.7 Å². The number of aromatic amines is 1. The van der Waals surface area contributed by atoms with Crippen LogP contribution in [0.3, 0.4) is 0 Å². The van der Waals surface area contributed by atoms with E-state index in [1.807, 2.05) is 44.2 Å². The average molecular weight is 202 g/mol. The van der Waals surface area contributed by atoms with Crippen LogP contribution >= 0.6 is 0 Å². The first kappa shape index (κ1) is 9.77. The van der Waals surface area contributed by atoms with Gasteiger partial charge in [0, 0.05) is 12.1 Å². The highest BCUT2D eigenvalue weighted by Gasteiger charge is 2.06. The number of H-pyrrole nitrogens is 1. The Bertz CT molecular complexity index is 494. The topological polar surface area (TPSA) is 37.8 Å². The summed E-state index contributed by atoms with van der Waals surface area (Å²) < 4.78 is 1.63. The molecule has 0 amide bonds. The van der Waals surface area contributed by atoms with Crippen molar-refractivity contribution >= 4 is 0 Å². The van der Waals surface area contributed by atoms with Crippen molar-refractivity contribution in [3.63, 3.8) is 0 Å². The van der Waals surface area contributed by atoms with Crippen molar-refractivity contribution in [2.75, 3.05) is 0 Å². The third kappa shape index (κ3) is 1.86. The van der Waals surface area contributed by atoms with Gasteiger partial charge < -0.3 is 0 Å². The van der Waals surface area contributed by atoms with Crippen molar-refractivity contribution in [2.24, 2.45) is 0 Å². The van der Waals surface area contributed by atoms with Gasteiger partial charge in [-0.15, -0.1) is 0 Å². The molecule has 1 aromatic heterocycles. The third-order valence-electron chi connectivity index (χ3n) is 2.35. The van der Waals surface area contributed by atoms with E-state index in [0.29, 0.717) is 0 Å². The summed E-state index contributed by atoms with van der Waals surface area (Å²) in [6.07, 6.45) is 0. The molecule has 0 aliphatic rings. The molecule has 0 aliphatic heterocycles. The molecule has 0 spiro atoms. The molecule has 15 heavy (non-hydrogen) atoms. The van der Waals surface area contributed by atoms with Crippen LogP contribution in [0.1, 0.15) is 19.9 Å². The Morgan fingerprint density at radius 2 is 1.87 bits per heavy atom. The minimum atomic E-state index is 0.0175. The van der Waals surface area contributed by atoms with Gasteiger partial charge in [0.15, 0.2) is 0 Å². The highest BCUT2D eigenvalue weighted by Crippen LogP contribution is 2.14. The zero-order chi connectivity index (χ0) is 10.8. The van der Waals surface area contributed by atoms with Gasteiger partial charge >= 0.3 is 0 Å². The largest absolute Gasteiger partial charge is 0.295 e. The van der Waals surface area contributed by atoms with Gasteiger partial charge in [-0.25, -0.2) is 0 Å². The molecule has 0 aliphatic carbocycles. The van der Waals surface area contributed by atoms with E-state index in [0.717, 1.165) is 11.3 Å². The quantitative estimate of drug-likeness (QED) is 0.798. The molecule has 2 aromatic rings. The van der Waals surface area contributed by atoms with Gasteiger partial charge in [-0.1, -0.05) is 30.3 Å². The lowest BCUT2D eigenvalue weighted by Crippen LogP contribution is -2.17. The summed E-state index contributed by atoms with van der Waals surface area (Å²) in [6.45, 7) is 3.96. The molecule has 1 heterocycles. The first-order chi connectivity index (χ1) is 7.18. The minimum absolute atomic E-state index is 0.0175. The lowest BCUT2D eigenvalue weighted by molar-refractivity contribution is 0.518. The maximum atomic E-state index is 11.6. The summed E-state index contributed by atoms with van der Waals surface area (Å²) in [6, 6.07) is 11.6. The highest BCUT2D eigenvalue weighted by atomic mass is 16.1. The molecular weight excluding hydrogens is 188 g/mol. The van der Waals surface area contributed by atoms with E-state index in [2.05, 4.69) is 5.10 Å². The molecule has 2 rings (SSSR count). The minimum Gasteiger partial charge on any atom is -0.295 e. The summed E-state index contributed by atoms with van der Waals surface area (Å²) in [5.74, 6) is 0. The normalized spacial score (nSPS) is 10.9.